The molecule has 0 bridgehead atoms. The van der Waals surface area contributed by atoms with Gasteiger partial charge in [0.2, 0.25) is 0 Å². The van der Waals surface area contributed by atoms with Crippen molar-refractivity contribution >= 4 is 23.1 Å². The van der Waals surface area contributed by atoms with Gasteiger partial charge in [0.1, 0.15) is 10.8 Å². The number of hydrogen-bond donors (Lipinski definition) is 1. The predicted octanol–water partition coefficient (Wildman–Crippen LogP) is 3.29. The lowest BCUT2D eigenvalue weighted by atomic mass is 10.1. The number of aromatic nitrogens is 2. The fourth-order valence-electron chi connectivity index (χ4n) is 2.48. The summed E-state index contributed by atoms with van der Waals surface area (Å²) in [5.41, 5.74) is 1.08. The average Bonchev–Trinajstić information content (AvgIpc) is 2.90. The normalized spacial score (nSPS) is 13.5. The Morgan fingerprint density at radius 1 is 1.24 bits per heavy atom. The highest BCUT2D eigenvalue weighted by atomic mass is 32.2. The van der Waals surface area contributed by atoms with Crippen molar-refractivity contribution in [3.8, 4) is 17.2 Å². The number of aryl methyl sites for hydroxylation is 1. The molecule has 0 radical (unpaired) electrons. The van der Waals surface area contributed by atoms with Crippen LogP contribution in [0.3, 0.4) is 0 Å². The van der Waals surface area contributed by atoms with E-state index in [4.69, 9.17) is 14.2 Å². The van der Waals surface area contributed by atoms with Gasteiger partial charge in [-0.2, -0.15) is 0 Å². The lowest BCUT2D eigenvalue weighted by Gasteiger charge is -2.14. The molecule has 1 aromatic heterocycles. The molecule has 0 aliphatic carbocycles. The molecule has 6 nitrogen and oxygen atoms in total. The highest BCUT2D eigenvalue weighted by molar-refractivity contribution is 8.01. The van der Waals surface area contributed by atoms with Gasteiger partial charge in [-0.15, -0.1) is 10.2 Å². The van der Waals surface area contributed by atoms with Gasteiger partial charge in [0.05, 0.1) is 20.3 Å². The molecular formula is C17H23N3O3S2. The maximum atomic E-state index is 5.76. The quantitative estimate of drug-likeness (QED) is 0.556. The monoisotopic (exact) mass is 381 g/mol. The van der Waals surface area contributed by atoms with Gasteiger partial charge in [-0.1, -0.05) is 23.1 Å². The number of hydrogen-bond acceptors (Lipinski definition) is 8. The van der Waals surface area contributed by atoms with Gasteiger partial charge >= 0.3 is 0 Å². The molecule has 0 saturated heterocycles. The van der Waals surface area contributed by atoms with Crippen LogP contribution in [0, 0.1) is 6.92 Å². The van der Waals surface area contributed by atoms with Gasteiger partial charge in [0.15, 0.2) is 15.8 Å². The molecule has 8 heteroatoms. The number of nitrogens with one attached hydrogen (secondary N) is 1. The van der Waals surface area contributed by atoms with Crippen LogP contribution in [0.2, 0.25) is 0 Å². The molecule has 2 aromatic rings. The van der Waals surface area contributed by atoms with Crippen LogP contribution in [0.1, 0.15) is 23.4 Å². The standard InChI is InChI=1S/C17H23N3O3S2/c1-12-19-20-17(25-12)24-8-3-5-18-11-13-9-15-16(10-14(13)21-2)23-7-4-6-22-15/h9-10,18H,3-8,11H2,1-2H3. The number of thioether (sulfide) groups is 1. The number of rotatable bonds is 8. The first-order chi connectivity index (χ1) is 12.3. The zero-order valence-electron chi connectivity index (χ0n) is 14.5. The van der Waals surface area contributed by atoms with E-state index in [0.29, 0.717) is 13.2 Å². The van der Waals surface area contributed by atoms with Crippen LogP contribution in [-0.2, 0) is 6.54 Å². The topological polar surface area (TPSA) is 65.5 Å². The van der Waals surface area contributed by atoms with Crippen LogP contribution < -0.4 is 19.5 Å². The summed E-state index contributed by atoms with van der Waals surface area (Å²) in [4.78, 5) is 0. The lowest BCUT2D eigenvalue weighted by Crippen LogP contribution is -2.16. The molecule has 0 fully saturated rings. The van der Waals surface area contributed by atoms with Crippen molar-refractivity contribution in [2.24, 2.45) is 0 Å². The molecule has 0 amide bonds. The molecule has 0 spiro atoms. The number of nitrogens with zero attached hydrogens (tertiary/aromatic N) is 2. The van der Waals surface area contributed by atoms with Crippen LogP contribution in [0.5, 0.6) is 17.2 Å². The summed E-state index contributed by atoms with van der Waals surface area (Å²) in [6.07, 6.45) is 1.96. The first-order valence-electron chi connectivity index (χ1n) is 8.36. The van der Waals surface area contributed by atoms with Crippen molar-refractivity contribution in [2.75, 3.05) is 32.6 Å². The van der Waals surface area contributed by atoms with Crippen LogP contribution in [0.4, 0.5) is 0 Å². The molecule has 3 rings (SSSR count). The second-order valence-corrected chi connectivity index (χ2v) is 8.15. The minimum atomic E-state index is 0.680. The van der Waals surface area contributed by atoms with E-state index < -0.39 is 0 Å². The molecule has 2 heterocycles. The zero-order valence-corrected chi connectivity index (χ0v) is 16.2. The molecule has 1 aromatic carbocycles. The minimum absolute atomic E-state index is 0.680. The zero-order chi connectivity index (χ0) is 17.5. The fraction of sp³-hybridized carbons (Fsp3) is 0.529. The van der Waals surface area contributed by atoms with E-state index in [1.807, 2.05) is 19.1 Å². The molecule has 1 aliphatic rings. The summed E-state index contributed by atoms with van der Waals surface area (Å²) >= 11 is 3.41. The van der Waals surface area contributed by atoms with E-state index in [9.17, 15) is 0 Å². The molecule has 136 valence electrons. The minimum Gasteiger partial charge on any atom is -0.496 e. The average molecular weight is 382 g/mol. The van der Waals surface area contributed by atoms with Gasteiger partial charge in [0.25, 0.3) is 0 Å². The molecule has 0 atom stereocenters. The van der Waals surface area contributed by atoms with E-state index >= 15 is 0 Å². The Kier molecular flexibility index (Phi) is 6.77. The Morgan fingerprint density at radius 2 is 2.04 bits per heavy atom. The predicted molar refractivity (Wildman–Crippen MR) is 100 cm³/mol. The number of ether oxygens (including phenoxy) is 3. The molecule has 0 unspecified atom stereocenters. The molecule has 1 aliphatic heterocycles. The largest absolute Gasteiger partial charge is 0.496 e. The van der Waals surface area contributed by atoms with Gasteiger partial charge in [-0.05, 0) is 26.0 Å². The van der Waals surface area contributed by atoms with E-state index in [1.54, 1.807) is 30.2 Å². The molecule has 25 heavy (non-hydrogen) atoms. The SMILES string of the molecule is COc1cc2c(cc1CNCCCSc1nnc(C)s1)OCCCO2. The van der Waals surface area contributed by atoms with Crippen molar-refractivity contribution in [2.45, 2.75) is 30.6 Å². The fourth-order valence-corrected chi connectivity index (χ4v) is 4.30. The van der Waals surface area contributed by atoms with E-state index in [-0.39, 0.29) is 0 Å². The van der Waals surface area contributed by atoms with Crippen LogP contribution in [0.25, 0.3) is 0 Å². The smallest absolute Gasteiger partial charge is 0.174 e. The number of fused-ring (bicyclic) bond motifs is 1. The first-order valence-corrected chi connectivity index (χ1v) is 10.2. The first kappa shape index (κ1) is 18.3. The Balaban J connectivity index is 1.46. The lowest BCUT2D eigenvalue weighted by molar-refractivity contribution is 0.296. The second-order valence-electron chi connectivity index (χ2n) is 5.63. The van der Waals surface area contributed by atoms with Gasteiger partial charge < -0.3 is 19.5 Å². The highest BCUT2D eigenvalue weighted by Gasteiger charge is 2.15. The Morgan fingerprint density at radius 3 is 2.76 bits per heavy atom. The third-order valence-electron chi connectivity index (χ3n) is 3.70. The summed E-state index contributed by atoms with van der Waals surface area (Å²) in [6.45, 7) is 5.02. The summed E-state index contributed by atoms with van der Waals surface area (Å²) < 4.78 is 18.0. The highest BCUT2D eigenvalue weighted by Crippen LogP contribution is 2.36. The second kappa shape index (κ2) is 9.26. The molecular weight excluding hydrogens is 358 g/mol. The van der Waals surface area contributed by atoms with Gasteiger partial charge in [-0.25, -0.2) is 0 Å². The van der Waals surface area contributed by atoms with Gasteiger partial charge in [0, 0.05) is 30.3 Å². The van der Waals surface area contributed by atoms with Crippen molar-refractivity contribution in [3.63, 3.8) is 0 Å². The van der Waals surface area contributed by atoms with Crippen LogP contribution in [0.15, 0.2) is 16.5 Å². The number of benzene rings is 1. The maximum Gasteiger partial charge on any atom is 0.174 e. The Hall–Kier alpha value is -1.51. The summed E-state index contributed by atoms with van der Waals surface area (Å²) in [7, 11) is 1.68. The van der Waals surface area contributed by atoms with Crippen molar-refractivity contribution in [3.05, 3.63) is 22.7 Å². The third-order valence-corrected chi connectivity index (χ3v) is 5.76. The summed E-state index contributed by atoms with van der Waals surface area (Å²) in [5.74, 6) is 3.43. The summed E-state index contributed by atoms with van der Waals surface area (Å²) in [5, 5.41) is 12.6. The van der Waals surface area contributed by atoms with Crippen molar-refractivity contribution in [1.82, 2.24) is 15.5 Å². The Labute approximate surface area is 156 Å². The van der Waals surface area contributed by atoms with Gasteiger partial charge in [-0.3, -0.25) is 0 Å². The summed E-state index contributed by atoms with van der Waals surface area (Å²) in [6, 6.07) is 3.94. The van der Waals surface area contributed by atoms with E-state index in [2.05, 4.69) is 15.5 Å². The van der Waals surface area contributed by atoms with E-state index in [1.165, 1.54) is 0 Å². The molecule has 1 N–H and O–H groups in total. The van der Waals surface area contributed by atoms with Crippen molar-refractivity contribution in [1.29, 1.82) is 0 Å². The van der Waals surface area contributed by atoms with E-state index in [0.717, 1.165) is 63.8 Å². The third kappa shape index (κ3) is 5.23. The number of methoxy groups -OCH3 is 1. The van der Waals surface area contributed by atoms with Crippen LogP contribution >= 0.6 is 23.1 Å². The Bertz CT molecular complexity index is 694. The molecule has 0 saturated carbocycles. The van der Waals surface area contributed by atoms with Crippen molar-refractivity contribution < 1.29 is 14.2 Å². The van der Waals surface area contributed by atoms with Crippen LogP contribution in [-0.4, -0.2) is 42.8 Å². The maximum absolute atomic E-state index is 5.76.